The molecule has 1 aromatic rings. The number of ether oxygens (including phenoxy) is 1. The lowest BCUT2D eigenvalue weighted by atomic mass is 9.82. The number of rotatable bonds is 6. The largest absolute Gasteiger partial charge is 0.377 e. The second-order valence-corrected chi connectivity index (χ2v) is 7.13. The summed E-state index contributed by atoms with van der Waals surface area (Å²) in [5.41, 5.74) is 5.86. The fourth-order valence-electron chi connectivity index (χ4n) is 2.20. The van der Waals surface area contributed by atoms with E-state index in [0.29, 0.717) is 18.0 Å². The van der Waals surface area contributed by atoms with Crippen molar-refractivity contribution >= 4 is 9.84 Å². The molecule has 2 N–H and O–H groups in total. The lowest BCUT2D eigenvalue weighted by Crippen LogP contribution is -2.36. The molecule has 0 amide bonds. The van der Waals surface area contributed by atoms with Crippen LogP contribution in [0.2, 0.25) is 0 Å². The molecule has 0 aromatic heterocycles. The van der Waals surface area contributed by atoms with Gasteiger partial charge in [0.05, 0.1) is 35.0 Å². The van der Waals surface area contributed by atoms with E-state index in [-0.39, 0.29) is 23.4 Å². The van der Waals surface area contributed by atoms with Crippen molar-refractivity contribution in [1.82, 2.24) is 0 Å². The fraction of sp³-hybridized carbons (Fsp3) is 0.500. The number of sulfone groups is 1. The Morgan fingerprint density at radius 3 is 2.80 bits per heavy atom. The van der Waals surface area contributed by atoms with Crippen LogP contribution < -0.4 is 5.73 Å². The Hall–Kier alpha value is -1.42. The molecule has 1 aliphatic rings. The van der Waals surface area contributed by atoms with Crippen LogP contribution in [-0.4, -0.2) is 33.4 Å². The highest BCUT2D eigenvalue weighted by atomic mass is 32.2. The molecule has 20 heavy (non-hydrogen) atoms. The monoisotopic (exact) mass is 294 g/mol. The maximum absolute atomic E-state index is 12.1. The minimum atomic E-state index is -3.39. The Kier molecular flexibility index (Phi) is 4.76. The molecule has 0 unspecified atom stereocenters. The van der Waals surface area contributed by atoms with Crippen molar-refractivity contribution in [3.63, 3.8) is 0 Å². The molecule has 6 heteroatoms. The lowest BCUT2D eigenvalue weighted by Gasteiger charge is -2.34. The molecule has 108 valence electrons. The molecule has 0 spiro atoms. The van der Waals surface area contributed by atoms with Crippen LogP contribution in [0.5, 0.6) is 0 Å². The summed E-state index contributed by atoms with van der Waals surface area (Å²) in [6.07, 6.45) is 1.98. The number of nitrogens with two attached hydrogens (primary N) is 1. The molecule has 5 nitrogen and oxygen atoms in total. The van der Waals surface area contributed by atoms with Crippen molar-refractivity contribution in [2.24, 2.45) is 11.7 Å². The zero-order valence-electron chi connectivity index (χ0n) is 11.2. The summed E-state index contributed by atoms with van der Waals surface area (Å²) in [5, 5.41) is 8.78. The molecule has 0 aliphatic heterocycles. The third kappa shape index (κ3) is 3.57. The summed E-state index contributed by atoms with van der Waals surface area (Å²) in [5.74, 6) is 0.454. The van der Waals surface area contributed by atoms with Gasteiger partial charge in [0.1, 0.15) is 0 Å². The maximum Gasteiger partial charge on any atom is 0.180 e. The molecule has 1 aromatic carbocycles. The van der Waals surface area contributed by atoms with Gasteiger partial charge in [-0.25, -0.2) is 8.42 Å². The van der Waals surface area contributed by atoms with Crippen molar-refractivity contribution in [3.8, 4) is 6.07 Å². The predicted octanol–water partition coefficient (Wildman–Crippen LogP) is 1.09. The number of hydrogen-bond donors (Lipinski definition) is 1. The average molecular weight is 294 g/mol. The molecule has 0 radical (unpaired) electrons. The second-order valence-electron chi connectivity index (χ2n) is 5.02. The molecule has 1 aliphatic carbocycles. The first-order chi connectivity index (χ1) is 9.55. The first-order valence-electron chi connectivity index (χ1n) is 6.59. The number of nitrogens with zero attached hydrogens (tertiary/aromatic N) is 1. The van der Waals surface area contributed by atoms with Gasteiger partial charge in [-0.15, -0.1) is 0 Å². The van der Waals surface area contributed by atoms with E-state index in [9.17, 15) is 8.42 Å². The van der Waals surface area contributed by atoms with E-state index >= 15 is 0 Å². The molecule has 0 heterocycles. The van der Waals surface area contributed by atoms with E-state index in [4.69, 9.17) is 15.7 Å². The highest BCUT2D eigenvalue weighted by Gasteiger charge is 2.28. The van der Waals surface area contributed by atoms with Gasteiger partial charge in [0.25, 0.3) is 0 Å². The zero-order chi connectivity index (χ0) is 14.6. The summed E-state index contributed by atoms with van der Waals surface area (Å²) in [6.45, 7) is 0.847. The van der Waals surface area contributed by atoms with E-state index in [1.54, 1.807) is 12.1 Å². The van der Waals surface area contributed by atoms with Crippen molar-refractivity contribution < 1.29 is 13.2 Å². The smallest absolute Gasteiger partial charge is 0.180 e. The standard InChI is InChI=1S/C14H18N2O3S/c15-9-11-2-1-3-14(8-11)20(17,18)5-4-19-13-6-12(7-13)10-16/h1-3,8,12-13H,4-7,10,16H2. The normalized spacial score (nSPS) is 22.0. The van der Waals surface area contributed by atoms with Crippen molar-refractivity contribution in [3.05, 3.63) is 29.8 Å². The molecule has 2 rings (SSSR count). The van der Waals surface area contributed by atoms with Gasteiger partial charge in [-0.05, 0) is 43.5 Å². The van der Waals surface area contributed by atoms with Crippen molar-refractivity contribution in [2.45, 2.75) is 23.8 Å². The predicted molar refractivity (Wildman–Crippen MR) is 74.7 cm³/mol. The van der Waals surface area contributed by atoms with Gasteiger partial charge >= 0.3 is 0 Å². The van der Waals surface area contributed by atoms with E-state index in [0.717, 1.165) is 12.8 Å². The fourth-order valence-corrected chi connectivity index (χ4v) is 3.35. The topological polar surface area (TPSA) is 93.2 Å². The molecule has 0 bridgehead atoms. The third-order valence-electron chi connectivity index (χ3n) is 3.55. The van der Waals surface area contributed by atoms with Crippen LogP contribution in [0.3, 0.4) is 0 Å². The van der Waals surface area contributed by atoms with Crippen LogP contribution in [0, 0.1) is 17.2 Å². The Bertz CT molecular complexity index is 601. The molecule has 0 saturated heterocycles. The first-order valence-corrected chi connectivity index (χ1v) is 8.25. The summed E-state index contributed by atoms with van der Waals surface area (Å²) in [7, 11) is -3.39. The summed E-state index contributed by atoms with van der Waals surface area (Å²) >= 11 is 0. The highest BCUT2D eigenvalue weighted by molar-refractivity contribution is 7.91. The van der Waals surface area contributed by atoms with Gasteiger partial charge in [-0.1, -0.05) is 6.07 Å². The van der Waals surface area contributed by atoms with Crippen LogP contribution in [0.1, 0.15) is 18.4 Å². The number of hydrogen-bond acceptors (Lipinski definition) is 5. The van der Waals surface area contributed by atoms with Crippen LogP contribution >= 0.6 is 0 Å². The van der Waals surface area contributed by atoms with Gasteiger partial charge in [0, 0.05) is 0 Å². The summed E-state index contributed by atoms with van der Waals surface area (Å²) < 4.78 is 29.7. The van der Waals surface area contributed by atoms with Gasteiger partial charge in [0.2, 0.25) is 0 Å². The Balaban J connectivity index is 1.86. The molecule has 1 fully saturated rings. The van der Waals surface area contributed by atoms with Crippen molar-refractivity contribution in [1.29, 1.82) is 5.26 Å². The van der Waals surface area contributed by atoms with Gasteiger partial charge in [0.15, 0.2) is 9.84 Å². The second kappa shape index (κ2) is 6.35. The first kappa shape index (κ1) is 15.0. The van der Waals surface area contributed by atoms with Crippen LogP contribution in [-0.2, 0) is 14.6 Å². The quantitative estimate of drug-likeness (QED) is 0.847. The minimum Gasteiger partial charge on any atom is -0.377 e. The maximum atomic E-state index is 12.1. The lowest BCUT2D eigenvalue weighted by molar-refractivity contribution is -0.0207. The van der Waals surface area contributed by atoms with Gasteiger partial charge < -0.3 is 10.5 Å². The molecule has 1 saturated carbocycles. The van der Waals surface area contributed by atoms with E-state index < -0.39 is 9.84 Å². The van der Waals surface area contributed by atoms with Gasteiger partial charge in [-0.2, -0.15) is 5.26 Å². The van der Waals surface area contributed by atoms with E-state index in [1.807, 2.05) is 6.07 Å². The number of nitriles is 1. The SMILES string of the molecule is N#Cc1cccc(S(=O)(=O)CCOC2CC(CN)C2)c1. The van der Waals surface area contributed by atoms with Crippen LogP contribution in [0.25, 0.3) is 0 Å². The van der Waals surface area contributed by atoms with Gasteiger partial charge in [-0.3, -0.25) is 0 Å². The zero-order valence-corrected chi connectivity index (χ0v) is 12.0. The molecular weight excluding hydrogens is 276 g/mol. The Morgan fingerprint density at radius 2 is 2.15 bits per heavy atom. The molecular formula is C14H18N2O3S. The van der Waals surface area contributed by atoms with Crippen molar-refractivity contribution in [2.75, 3.05) is 18.9 Å². The Labute approximate surface area is 119 Å². The van der Waals surface area contributed by atoms with Crippen LogP contribution in [0.15, 0.2) is 29.2 Å². The van der Waals surface area contributed by atoms with Crippen LogP contribution in [0.4, 0.5) is 0 Å². The Morgan fingerprint density at radius 1 is 1.40 bits per heavy atom. The van der Waals surface area contributed by atoms with E-state index in [1.165, 1.54) is 12.1 Å². The van der Waals surface area contributed by atoms with E-state index in [2.05, 4.69) is 0 Å². The summed E-state index contributed by atoms with van der Waals surface area (Å²) in [6, 6.07) is 7.99. The summed E-state index contributed by atoms with van der Waals surface area (Å²) in [4.78, 5) is 0.175. The highest BCUT2D eigenvalue weighted by Crippen LogP contribution is 2.28. The average Bonchev–Trinajstić information content (AvgIpc) is 2.41. The molecule has 0 atom stereocenters. The third-order valence-corrected chi connectivity index (χ3v) is 5.23. The minimum absolute atomic E-state index is 0.0638. The number of benzene rings is 1.